The maximum Gasteiger partial charge on any atom is 0.319 e. The summed E-state index contributed by atoms with van der Waals surface area (Å²) in [5, 5.41) is 3.28. The number of sulfonamides is 1. The van der Waals surface area contributed by atoms with E-state index in [1.54, 1.807) is 24.3 Å². The van der Waals surface area contributed by atoms with Crippen LogP contribution in [0.25, 0.3) is 0 Å². The molecule has 0 bridgehead atoms. The Kier molecular flexibility index (Phi) is 10.4. The summed E-state index contributed by atoms with van der Waals surface area (Å²) in [7, 11) is -3.29. The van der Waals surface area contributed by atoms with Crippen LogP contribution in [0.3, 0.4) is 0 Å². The lowest BCUT2D eigenvalue weighted by molar-refractivity contribution is -0.142. The van der Waals surface area contributed by atoms with Crippen molar-refractivity contribution in [3.63, 3.8) is 0 Å². The molecule has 1 heterocycles. The molecule has 0 amide bonds. The molecule has 2 aromatic rings. The zero-order valence-corrected chi connectivity index (χ0v) is 20.6. The van der Waals surface area contributed by atoms with Crippen LogP contribution in [0.1, 0.15) is 25.3 Å². The van der Waals surface area contributed by atoms with Crippen LogP contribution in [-0.4, -0.2) is 57.8 Å². The summed E-state index contributed by atoms with van der Waals surface area (Å²) in [6.45, 7) is 5.33. The number of ether oxygens (including phenoxy) is 2. The van der Waals surface area contributed by atoms with Crippen LogP contribution in [0.4, 0.5) is 5.69 Å². The van der Waals surface area contributed by atoms with Gasteiger partial charge in [-0.25, -0.2) is 8.42 Å². The first kappa shape index (κ1) is 26.9. The Labute approximate surface area is 202 Å². The van der Waals surface area contributed by atoms with Crippen molar-refractivity contribution in [3.05, 3.63) is 54.1 Å². The monoisotopic (exact) mass is 497 g/mol. The van der Waals surface area contributed by atoms with Crippen molar-refractivity contribution in [2.75, 3.05) is 37.2 Å². The van der Waals surface area contributed by atoms with Crippen molar-refractivity contribution in [2.45, 2.75) is 32.4 Å². The zero-order valence-electron chi connectivity index (χ0n) is 19.0. The van der Waals surface area contributed by atoms with E-state index in [0.717, 1.165) is 44.5 Å². The molecular weight excluding hydrogens is 466 g/mol. The predicted molar refractivity (Wildman–Crippen MR) is 132 cm³/mol. The SMILES string of the molecule is CCOC(=O)CNC1CCN(Cc2ccc(Oc3ccc(NS(C)(=O)=O)cc3)cc2)CC1.Cl. The van der Waals surface area contributed by atoms with Gasteiger partial charge in [-0.1, -0.05) is 12.1 Å². The van der Waals surface area contributed by atoms with Crippen LogP contribution in [0.2, 0.25) is 0 Å². The molecule has 0 radical (unpaired) electrons. The normalized spacial score (nSPS) is 14.8. The van der Waals surface area contributed by atoms with Gasteiger partial charge in [0.25, 0.3) is 0 Å². The second-order valence-electron chi connectivity index (χ2n) is 7.88. The molecule has 0 spiro atoms. The van der Waals surface area contributed by atoms with E-state index in [2.05, 4.69) is 27.1 Å². The topological polar surface area (TPSA) is 97.0 Å². The number of halogens is 1. The van der Waals surface area contributed by atoms with Gasteiger partial charge in [0.05, 0.1) is 19.4 Å². The van der Waals surface area contributed by atoms with Gasteiger partial charge in [-0.05, 0) is 74.8 Å². The van der Waals surface area contributed by atoms with Crippen molar-refractivity contribution >= 4 is 34.1 Å². The molecular formula is C23H32ClN3O5S. The number of nitrogens with zero attached hydrogens (tertiary/aromatic N) is 1. The van der Waals surface area contributed by atoms with Gasteiger partial charge in [-0.2, -0.15) is 0 Å². The third-order valence-electron chi connectivity index (χ3n) is 5.15. The number of nitrogens with one attached hydrogen (secondary N) is 2. The van der Waals surface area contributed by atoms with E-state index in [0.29, 0.717) is 24.1 Å². The van der Waals surface area contributed by atoms with E-state index in [9.17, 15) is 13.2 Å². The first-order valence-electron chi connectivity index (χ1n) is 10.8. The second-order valence-corrected chi connectivity index (χ2v) is 9.63. The van der Waals surface area contributed by atoms with Gasteiger partial charge in [0.2, 0.25) is 10.0 Å². The maximum absolute atomic E-state index is 11.5. The smallest absolute Gasteiger partial charge is 0.319 e. The Morgan fingerprint density at radius 3 is 2.15 bits per heavy atom. The van der Waals surface area contributed by atoms with E-state index in [4.69, 9.17) is 9.47 Å². The average molecular weight is 498 g/mol. The number of hydrogen-bond acceptors (Lipinski definition) is 7. The number of esters is 1. The molecule has 33 heavy (non-hydrogen) atoms. The summed E-state index contributed by atoms with van der Waals surface area (Å²) in [6, 6.07) is 15.1. The van der Waals surface area contributed by atoms with E-state index < -0.39 is 10.0 Å². The molecule has 2 N–H and O–H groups in total. The molecule has 0 saturated carbocycles. The Morgan fingerprint density at radius 2 is 1.61 bits per heavy atom. The predicted octanol–water partition coefficient (Wildman–Crippen LogP) is 3.39. The molecule has 1 aliphatic heterocycles. The quantitative estimate of drug-likeness (QED) is 0.485. The minimum Gasteiger partial charge on any atom is -0.465 e. The van der Waals surface area contributed by atoms with Crippen LogP contribution >= 0.6 is 12.4 Å². The van der Waals surface area contributed by atoms with Crippen LogP contribution in [0.5, 0.6) is 11.5 Å². The average Bonchev–Trinajstić information content (AvgIpc) is 2.75. The zero-order chi connectivity index (χ0) is 23.0. The van der Waals surface area contributed by atoms with Gasteiger partial charge in [0.1, 0.15) is 11.5 Å². The van der Waals surface area contributed by atoms with Crippen molar-refractivity contribution in [3.8, 4) is 11.5 Å². The molecule has 2 aromatic carbocycles. The number of piperidine rings is 1. The minimum absolute atomic E-state index is 0. The fourth-order valence-corrected chi connectivity index (χ4v) is 4.16. The standard InChI is InChI=1S/C23H31N3O5S.ClH/c1-3-30-23(27)16-24-19-12-14-26(15-13-19)17-18-4-8-21(9-5-18)31-22-10-6-20(7-11-22)25-32(2,28)29;/h4-11,19,24-25H,3,12-17H2,1-2H3;1H. The maximum atomic E-state index is 11.5. The van der Waals surface area contributed by atoms with Gasteiger partial charge in [0, 0.05) is 18.3 Å². The highest BCUT2D eigenvalue weighted by atomic mass is 35.5. The number of carbonyl (C=O) groups excluding carboxylic acids is 1. The van der Waals surface area contributed by atoms with Gasteiger partial charge < -0.3 is 14.8 Å². The van der Waals surface area contributed by atoms with E-state index in [-0.39, 0.29) is 24.9 Å². The lowest BCUT2D eigenvalue weighted by atomic mass is 10.0. The highest BCUT2D eigenvalue weighted by molar-refractivity contribution is 7.92. The fourth-order valence-electron chi connectivity index (χ4n) is 3.60. The number of likely N-dealkylation sites (tertiary alicyclic amines) is 1. The molecule has 10 heteroatoms. The first-order chi connectivity index (χ1) is 15.3. The molecule has 1 fully saturated rings. The second kappa shape index (κ2) is 12.8. The number of hydrogen-bond donors (Lipinski definition) is 2. The molecule has 0 unspecified atom stereocenters. The van der Waals surface area contributed by atoms with Crippen molar-refractivity contribution < 1.29 is 22.7 Å². The van der Waals surface area contributed by atoms with Crippen LogP contribution in [0.15, 0.2) is 48.5 Å². The van der Waals surface area contributed by atoms with E-state index >= 15 is 0 Å². The molecule has 3 rings (SSSR count). The third-order valence-corrected chi connectivity index (χ3v) is 5.76. The van der Waals surface area contributed by atoms with E-state index in [1.807, 2.05) is 19.1 Å². The summed E-state index contributed by atoms with van der Waals surface area (Å²) < 4.78 is 35.8. The highest BCUT2D eigenvalue weighted by Gasteiger charge is 2.19. The molecule has 182 valence electrons. The number of benzene rings is 2. The van der Waals surface area contributed by atoms with Crippen LogP contribution in [0, 0.1) is 0 Å². The Bertz CT molecular complexity index is 976. The number of carbonyl (C=O) groups is 1. The summed E-state index contributed by atoms with van der Waals surface area (Å²) >= 11 is 0. The molecule has 0 aromatic heterocycles. The van der Waals surface area contributed by atoms with Gasteiger partial charge in [-0.15, -0.1) is 12.4 Å². The Balaban J connectivity index is 0.00000385. The lowest BCUT2D eigenvalue weighted by Gasteiger charge is -2.32. The van der Waals surface area contributed by atoms with Gasteiger partial charge in [-0.3, -0.25) is 14.4 Å². The van der Waals surface area contributed by atoms with Crippen molar-refractivity contribution in [2.24, 2.45) is 0 Å². The van der Waals surface area contributed by atoms with E-state index in [1.165, 1.54) is 5.56 Å². The molecule has 8 nitrogen and oxygen atoms in total. The lowest BCUT2D eigenvalue weighted by Crippen LogP contribution is -2.43. The van der Waals surface area contributed by atoms with Gasteiger partial charge >= 0.3 is 5.97 Å². The summed E-state index contributed by atoms with van der Waals surface area (Å²) in [6.07, 6.45) is 3.12. The number of rotatable bonds is 10. The van der Waals surface area contributed by atoms with Crippen LogP contribution in [-0.2, 0) is 26.1 Å². The largest absolute Gasteiger partial charge is 0.465 e. The molecule has 0 atom stereocenters. The fraction of sp³-hybridized carbons (Fsp3) is 0.435. The molecule has 0 aliphatic carbocycles. The summed E-state index contributed by atoms with van der Waals surface area (Å²) in [5.74, 6) is 1.16. The van der Waals surface area contributed by atoms with Gasteiger partial charge in [0.15, 0.2) is 0 Å². The van der Waals surface area contributed by atoms with Crippen molar-refractivity contribution in [1.29, 1.82) is 0 Å². The first-order valence-corrected chi connectivity index (χ1v) is 12.7. The minimum atomic E-state index is -3.29. The Hall–Kier alpha value is -2.33. The summed E-state index contributed by atoms with van der Waals surface area (Å²) in [4.78, 5) is 13.9. The molecule has 1 saturated heterocycles. The van der Waals surface area contributed by atoms with Crippen LogP contribution < -0.4 is 14.8 Å². The summed E-state index contributed by atoms with van der Waals surface area (Å²) in [5.41, 5.74) is 1.71. The van der Waals surface area contributed by atoms with Crippen molar-refractivity contribution in [1.82, 2.24) is 10.2 Å². The molecule has 1 aliphatic rings. The Morgan fingerprint density at radius 1 is 1.03 bits per heavy atom. The highest BCUT2D eigenvalue weighted by Crippen LogP contribution is 2.24. The number of anilines is 1. The third kappa shape index (κ3) is 9.59.